The lowest BCUT2D eigenvalue weighted by Gasteiger charge is -2.07. The van der Waals surface area contributed by atoms with Crippen molar-refractivity contribution in [2.24, 2.45) is 0 Å². The summed E-state index contributed by atoms with van der Waals surface area (Å²) in [6, 6.07) is 5.63. The highest BCUT2D eigenvalue weighted by Gasteiger charge is 2.00. The number of aromatic nitrogens is 2. The van der Waals surface area contributed by atoms with E-state index in [4.69, 9.17) is 11.6 Å². The highest BCUT2D eigenvalue weighted by Crippen LogP contribution is 2.26. The monoisotopic (exact) mass is 285 g/mol. The van der Waals surface area contributed by atoms with E-state index in [1.165, 1.54) is 0 Å². The third kappa shape index (κ3) is 2.73. The molecule has 0 aliphatic carbocycles. The average Bonchev–Trinajstić information content (AvgIpc) is 2.72. The Morgan fingerprint density at radius 1 is 1.47 bits per heavy atom. The summed E-state index contributed by atoms with van der Waals surface area (Å²) >= 11 is 9.34. The van der Waals surface area contributed by atoms with Crippen LogP contribution in [0.5, 0.6) is 0 Å². The van der Waals surface area contributed by atoms with Crippen LogP contribution in [0.25, 0.3) is 0 Å². The molecular formula is C10H9BrClN3. The lowest BCUT2D eigenvalue weighted by molar-refractivity contribution is 1.07. The molecule has 0 saturated heterocycles. The highest BCUT2D eigenvalue weighted by atomic mass is 79.9. The SMILES string of the molecule is Clc1ccc(Br)c(NCc2cnc[nH]2)c1. The zero-order valence-corrected chi connectivity index (χ0v) is 10.1. The normalized spacial score (nSPS) is 10.3. The summed E-state index contributed by atoms with van der Waals surface area (Å²) in [5.74, 6) is 0. The van der Waals surface area contributed by atoms with E-state index in [1.54, 1.807) is 12.5 Å². The molecule has 0 spiro atoms. The number of anilines is 1. The van der Waals surface area contributed by atoms with Gasteiger partial charge < -0.3 is 10.3 Å². The minimum absolute atomic E-state index is 0.693. The van der Waals surface area contributed by atoms with Crippen molar-refractivity contribution in [3.05, 3.63) is 45.9 Å². The molecule has 2 rings (SSSR count). The van der Waals surface area contributed by atoms with E-state index in [0.29, 0.717) is 11.6 Å². The number of H-pyrrole nitrogens is 1. The van der Waals surface area contributed by atoms with Crippen LogP contribution in [0.2, 0.25) is 5.02 Å². The van der Waals surface area contributed by atoms with Crippen LogP contribution in [-0.2, 0) is 6.54 Å². The van der Waals surface area contributed by atoms with Crippen LogP contribution in [0, 0.1) is 0 Å². The van der Waals surface area contributed by atoms with Crippen molar-refractivity contribution in [1.82, 2.24) is 9.97 Å². The maximum absolute atomic E-state index is 5.90. The Labute approximate surface area is 101 Å². The van der Waals surface area contributed by atoms with Gasteiger partial charge in [-0.15, -0.1) is 0 Å². The van der Waals surface area contributed by atoms with Crippen LogP contribution in [-0.4, -0.2) is 9.97 Å². The molecule has 0 fully saturated rings. The first-order chi connectivity index (χ1) is 7.25. The summed E-state index contributed by atoms with van der Waals surface area (Å²) in [5.41, 5.74) is 2.00. The Bertz CT molecular complexity index is 442. The van der Waals surface area contributed by atoms with Gasteiger partial charge in [0.1, 0.15) is 0 Å². The molecule has 0 atom stereocenters. The summed E-state index contributed by atoms with van der Waals surface area (Å²) in [5, 5.41) is 3.97. The first kappa shape index (κ1) is 10.5. The van der Waals surface area contributed by atoms with Gasteiger partial charge in [0, 0.05) is 15.7 Å². The Morgan fingerprint density at radius 3 is 3.07 bits per heavy atom. The van der Waals surface area contributed by atoms with E-state index in [2.05, 4.69) is 31.2 Å². The molecular weight excluding hydrogens is 277 g/mol. The van der Waals surface area contributed by atoms with Crippen LogP contribution in [0.3, 0.4) is 0 Å². The fourth-order valence-electron chi connectivity index (χ4n) is 1.20. The molecule has 3 nitrogen and oxygen atoms in total. The fraction of sp³-hybridized carbons (Fsp3) is 0.100. The molecule has 0 aliphatic rings. The second-order valence-corrected chi connectivity index (χ2v) is 4.35. The molecule has 15 heavy (non-hydrogen) atoms. The van der Waals surface area contributed by atoms with Gasteiger partial charge in [-0.05, 0) is 34.1 Å². The van der Waals surface area contributed by atoms with Gasteiger partial charge in [-0.25, -0.2) is 4.98 Å². The quantitative estimate of drug-likeness (QED) is 0.907. The third-order valence-electron chi connectivity index (χ3n) is 1.95. The van der Waals surface area contributed by atoms with E-state index < -0.39 is 0 Å². The third-order valence-corrected chi connectivity index (χ3v) is 2.88. The van der Waals surface area contributed by atoms with Crippen molar-refractivity contribution in [2.75, 3.05) is 5.32 Å². The first-order valence-corrected chi connectivity index (χ1v) is 5.59. The largest absolute Gasteiger partial charge is 0.378 e. The van der Waals surface area contributed by atoms with Crippen molar-refractivity contribution in [2.45, 2.75) is 6.54 Å². The number of hydrogen-bond donors (Lipinski definition) is 2. The lowest BCUT2D eigenvalue weighted by atomic mass is 10.3. The molecule has 1 aromatic carbocycles. The van der Waals surface area contributed by atoms with Crippen molar-refractivity contribution in [3.8, 4) is 0 Å². The smallest absolute Gasteiger partial charge is 0.0922 e. The standard InChI is InChI=1S/C10H9BrClN3/c11-9-2-1-7(12)3-10(9)14-5-8-4-13-6-15-8/h1-4,6,14H,5H2,(H,13,15). The van der Waals surface area contributed by atoms with Gasteiger partial charge in [0.15, 0.2) is 0 Å². The van der Waals surface area contributed by atoms with Crippen molar-refractivity contribution in [3.63, 3.8) is 0 Å². The molecule has 2 aromatic rings. The minimum atomic E-state index is 0.693. The number of imidazole rings is 1. The second-order valence-electron chi connectivity index (χ2n) is 3.05. The molecule has 0 saturated carbocycles. The topological polar surface area (TPSA) is 40.7 Å². The Kier molecular flexibility index (Phi) is 3.28. The lowest BCUT2D eigenvalue weighted by Crippen LogP contribution is -2.00. The van der Waals surface area contributed by atoms with E-state index in [-0.39, 0.29) is 0 Å². The number of hydrogen-bond acceptors (Lipinski definition) is 2. The minimum Gasteiger partial charge on any atom is -0.378 e. The van der Waals surface area contributed by atoms with E-state index in [0.717, 1.165) is 15.9 Å². The summed E-state index contributed by atoms with van der Waals surface area (Å²) in [6.07, 6.45) is 3.44. The molecule has 0 amide bonds. The predicted molar refractivity (Wildman–Crippen MR) is 65.1 cm³/mol. The Balaban J connectivity index is 2.07. The predicted octanol–water partition coefficient (Wildman–Crippen LogP) is 3.44. The highest BCUT2D eigenvalue weighted by molar-refractivity contribution is 9.10. The van der Waals surface area contributed by atoms with Crippen LogP contribution in [0.15, 0.2) is 35.2 Å². The van der Waals surface area contributed by atoms with Crippen molar-refractivity contribution >= 4 is 33.2 Å². The molecule has 0 bridgehead atoms. The second kappa shape index (κ2) is 4.68. The average molecular weight is 287 g/mol. The fourth-order valence-corrected chi connectivity index (χ4v) is 1.76. The van der Waals surface area contributed by atoms with Gasteiger partial charge in [0.2, 0.25) is 0 Å². The molecule has 0 radical (unpaired) electrons. The maximum atomic E-state index is 5.90. The van der Waals surface area contributed by atoms with E-state index >= 15 is 0 Å². The van der Waals surface area contributed by atoms with Crippen LogP contribution < -0.4 is 5.32 Å². The van der Waals surface area contributed by atoms with Gasteiger partial charge in [-0.1, -0.05) is 11.6 Å². The molecule has 1 aromatic heterocycles. The van der Waals surface area contributed by atoms with Crippen molar-refractivity contribution < 1.29 is 0 Å². The van der Waals surface area contributed by atoms with Gasteiger partial charge in [0.25, 0.3) is 0 Å². The number of halogens is 2. The van der Waals surface area contributed by atoms with Crippen LogP contribution in [0.1, 0.15) is 5.69 Å². The Morgan fingerprint density at radius 2 is 2.33 bits per heavy atom. The van der Waals surface area contributed by atoms with Gasteiger partial charge in [-0.3, -0.25) is 0 Å². The number of nitrogens with zero attached hydrogens (tertiary/aromatic N) is 1. The summed E-state index contributed by atoms with van der Waals surface area (Å²) in [7, 11) is 0. The zero-order chi connectivity index (χ0) is 10.7. The Hall–Kier alpha value is -1.00. The molecule has 1 heterocycles. The number of aromatic amines is 1. The van der Waals surface area contributed by atoms with Gasteiger partial charge in [0.05, 0.1) is 24.3 Å². The van der Waals surface area contributed by atoms with Crippen LogP contribution >= 0.6 is 27.5 Å². The van der Waals surface area contributed by atoms with E-state index in [1.807, 2.05) is 18.2 Å². The number of nitrogens with one attached hydrogen (secondary N) is 2. The van der Waals surface area contributed by atoms with E-state index in [9.17, 15) is 0 Å². The van der Waals surface area contributed by atoms with Gasteiger partial charge in [-0.2, -0.15) is 0 Å². The molecule has 5 heteroatoms. The summed E-state index contributed by atoms with van der Waals surface area (Å²) < 4.78 is 0.992. The number of rotatable bonds is 3. The first-order valence-electron chi connectivity index (χ1n) is 4.42. The molecule has 0 unspecified atom stereocenters. The number of benzene rings is 1. The molecule has 2 N–H and O–H groups in total. The maximum Gasteiger partial charge on any atom is 0.0922 e. The van der Waals surface area contributed by atoms with Crippen molar-refractivity contribution in [1.29, 1.82) is 0 Å². The van der Waals surface area contributed by atoms with Gasteiger partial charge >= 0.3 is 0 Å². The molecule has 0 aliphatic heterocycles. The zero-order valence-electron chi connectivity index (χ0n) is 7.80. The molecule has 78 valence electrons. The summed E-state index contributed by atoms with van der Waals surface area (Å²) in [6.45, 7) is 0.693. The summed E-state index contributed by atoms with van der Waals surface area (Å²) in [4.78, 5) is 6.96. The van der Waals surface area contributed by atoms with Crippen LogP contribution in [0.4, 0.5) is 5.69 Å².